The number of hydrogen-bond donors (Lipinski definition) is 1. The fourth-order valence-electron chi connectivity index (χ4n) is 2.32. The highest BCUT2D eigenvalue weighted by molar-refractivity contribution is 5.81. The average Bonchev–Trinajstić information content (AvgIpc) is 2.88. The quantitative estimate of drug-likeness (QED) is 0.733. The minimum Gasteiger partial charge on any atom is -0.392 e. The second-order valence-electron chi connectivity index (χ2n) is 4.85. The number of likely N-dealkylation sites (tertiary alicyclic amines) is 1. The lowest BCUT2D eigenvalue weighted by atomic mass is 9.97. The van der Waals surface area contributed by atoms with Crippen LogP contribution in [-0.4, -0.2) is 34.6 Å². The van der Waals surface area contributed by atoms with Gasteiger partial charge in [0.05, 0.1) is 12.0 Å². The van der Waals surface area contributed by atoms with Crippen LogP contribution in [0.4, 0.5) is 0 Å². The van der Waals surface area contributed by atoms with Crippen LogP contribution in [-0.2, 0) is 4.79 Å². The normalized spacial score (nSPS) is 30.1. The summed E-state index contributed by atoms with van der Waals surface area (Å²) in [7, 11) is 0. The van der Waals surface area contributed by atoms with E-state index in [1.165, 1.54) is 0 Å². The molecule has 0 bridgehead atoms. The van der Waals surface area contributed by atoms with Crippen molar-refractivity contribution in [3.63, 3.8) is 0 Å². The van der Waals surface area contributed by atoms with E-state index in [9.17, 15) is 9.90 Å². The molecule has 1 N–H and O–H groups in total. The predicted molar refractivity (Wildman–Crippen MR) is 53.7 cm³/mol. The van der Waals surface area contributed by atoms with Crippen LogP contribution < -0.4 is 0 Å². The van der Waals surface area contributed by atoms with Crippen molar-refractivity contribution in [3.8, 4) is 0 Å². The summed E-state index contributed by atoms with van der Waals surface area (Å²) in [5.74, 6) is 0.473. The van der Waals surface area contributed by atoms with Crippen LogP contribution in [0.2, 0.25) is 0 Å². The maximum absolute atomic E-state index is 11.9. The highest BCUT2D eigenvalue weighted by Crippen LogP contribution is 2.39. The third kappa shape index (κ3) is 1.65. The van der Waals surface area contributed by atoms with Crippen LogP contribution in [0, 0.1) is 11.8 Å². The van der Waals surface area contributed by atoms with Gasteiger partial charge in [0.15, 0.2) is 0 Å². The van der Waals surface area contributed by atoms with Crippen molar-refractivity contribution in [1.29, 1.82) is 0 Å². The smallest absolute Gasteiger partial charge is 0.228 e. The number of carbonyl (C=O) groups excluding carboxylic acids is 1. The second-order valence-corrected chi connectivity index (χ2v) is 4.85. The average molecular weight is 197 g/mol. The number of nitrogens with zero attached hydrogens (tertiary/aromatic N) is 1. The predicted octanol–water partition coefficient (Wildman–Crippen LogP) is 1.01. The van der Waals surface area contributed by atoms with E-state index < -0.39 is 0 Å². The van der Waals surface area contributed by atoms with Crippen LogP contribution in [0.15, 0.2) is 0 Å². The molecular weight excluding hydrogens is 178 g/mol. The van der Waals surface area contributed by atoms with Crippen LogP contribution in [0.5, 0.6) is 0 Å². The molecule has 2 rings (SSSR count). The van der Waals surface area contributed by atoms with Crippen molar-refractivity contribution >= 4 is 5.91 Å². The molecule has 0 aromatic rings. The SMILES string of the molecule is CC(C)N1CCC(C(O)C2CC2)C1=O. The molecule has 0 aromatic carbocycles. The van der Waals surface area contributed by atoms with Crippen LogP contribution in [0.25, 0.3) is 0 Å². The Kier molecular flexibility index (Phi) is 2.52. The molecule has 0 radical (unpaired) electrons. The van der Waals surface area contributed by atoms with Gasteiger partial charge in [-0.25, -0.2) is 0 Å². The van der Waals surface area contributed by atoms with Gasteiger partial charge >= 0.3 is 0 Å². The zero-order valence-electron chi connectivity index (χ0n) is 8.94. The van der Waals surface area contributed by atoms with E-state index in [0.29, 0.717) is 5.92 Å². The molecular formula is C11H19NO2. The Labute approximate surface area is 85.1 Å². The number of aliphatic hydroxyl groups is 1. The molecule has 0 spiro atoms. The summed E-state index contributed by atoms with van der Waals surface area (Å²) in [5, 5.41) is 9.91. The summed E-state index contributed by atoms with van der Waals surface area (Å²) in [6.07, 6.45) is 2.68. The van der Waals surface area contributed by atoms with Crippen LogP contribution >= 0.6 is 0 Å². The molecule has 2 unspecified atom stereocenters. The van der Waals surface area contributed by atoms with E-state index in [0.717, 1.165) is 25.8 Å². The summed E-state index contributed by atoms with van der Waals surface area (Å²) in [4.78, 5) is 13.8. The minimum absolute atomic E-state index is 0.107. The van der Waals surface area contributed by atoms with Crippen molar-refractivity contribution in [2.75, 3.05) is 6.54 Å². The van der Waals surface area contributed by atoms with Gasteiger partial charge in [-0.05, 0) is 39.0 Å². The van der Waals surface area contributed by atoms with E-state index >= 15 is 0 Å². The van der Waals surface area contributed by atoms with Gasteiger partial charge in [0, 0.05) is 12.6 Å². The van der Waals surface area contributed by atoms with Crippen molar-refractivity contribution in [1.82, 2.24) is 4.90 Å². The Morgan fingerprint density at radius 2 is 2.00 bits per heavy atom. The number of rotatable bonds is 3. The zero-order valence-corrected chi connectivity index (χ0v) is 8.94. The molecule has 1 saturated carbocycles. The number of amides is 1. The minimum atomic E-state index is -0.369. The summed E-state index contributed by atoms with van der Waals surface area (Å²) < 4.78 is 0. The fraction of sp³-hybridized carbons (Fsp3) is 0.909. The number of aliphatic hydroxyl groups excluding tert-OH is 1. The molecule has 0 aromatic heterocycles. The van der Waals surface area contributed by atoms with Crippen molar-refractivity contribution in [2.45, 2.75) is 45.3 Å². The first kappa shape index (κ1) is 9.97. The molecule has 14 heavy (non-hydrogen) atoms. The Hall–Kier alpha value is -0.570. The first-order valence-corrected chi connectivity index (χ1v) is 5.60. The maximum atomic E-state index is 11.9. The van der Waals surface area contributed by atoms with Gasteiger partial charge in [0.1, 0.15) is 0 Å². The Morgan fingerprint density at radius 1 is 1.36 bits per heavy atom. The molecule has 1 aliphatic carbocycles. The molecule has 3 nitrogen and oxygen atoms in total. The Bertz CT molecular complexity index is 235. The lowest BCUT2D eigenvalue weighted by molar-refractivity contribution is -0.135. The molecule has 3 heteroatoms. The highest BCUT2D eigenvalue weighted by atomic mass is 16.3. The topological polar surface area (TPSA) is 40.5 Å². The summed E-state index contributed by atoms with van der Waals surface area (Å²) >= 11 is 0. The van der Waals surface area contributed by atoms with Crippen LogP contribution in [0.3, 0.4) is 0 Å². The van der Waals surface area contributed by atoms with E-state index in [1.807, 2.05) is 18.7 Å². The first-order chi connectivity index (χ1) is 6.61. The molecule has 80 valence electrons. The molecule has 1 saturated heterocycles. The van der Waals surface area contributed by atoms with Gasteiger partial charge in [-0.2, -0.15) is 0 Å². The highest BCUT2D eigenvalue weighted by Gasteiger charge is 2.43. The molecule has 1 amide bonds. The molecule has 2 fully saturated rings. The largest absolute Gasteiger partial charge is 0.392 e. The van der Waals surface area contributed by atoms with Gasteiger partial charge in [-0.1, -0.05) is 0 Å². The molecule has 1 aliphatic heterocycles. The molecule has 1 heterocycles. The van der Waals surface area contributed by atoms with Crippen molar-refractivity contribution in [2.24, 2.45) is 11.8 Å². The third-order valence-corrected chi connectivity index (χ3v) is 3.42. The van der Waals surface area contributed by atoms with Gasteiger partial charge in [-0.3, -0.25) is 4.79 Å². The van der Waals surface area contributed by atoms with Gasteiger partial charge < -0.3 is 10.0 Å². The standard InChI is InChI=1S/C11H19NO2/c1-7(2)12-6-5-9(11(12)14)10(13)8-3-4-8/h7-10,13H,3-6H2,1-2H3. The van der Waals surface area contributed by atoms with Gasteiger partial charge in [-0.15, -0.1) is 0 Å². The second kappa shape index (κ2) is 3.54. The van der Waals surface area contributed by atoms with Crippen molar-refractivity contribution in [3.05, 3.63) is 0 Å². The lowest BCUT2D eigenvalue weighted by Gasteiger charge is -2.22. The third-order valence-electron chi connectivity index (χ3n) is 3.42. The molecule has 2 aliphatic rings. The lowest BCUT2D eigenvalue weighted by Crippen LogP contribution is -2.37. The van der Waals surface area contributed by atoms with E-state index in [2.05, 4.69) is 0 Å². The summed E-state index contributed by atoms with van der Waals surface area (Å²) in [5.41, 5.74) is 0. The zero-order chi connectivity index (χ0) is 10.3. The Balaban J connectivity index is 1.98. The fourth-order valence-corrected chi connectivity index (χ4v) is 2.32. The monoisotopic (exact) mass is 197 g/mol. The van der Waals surface area contributed by atoms with E-state index in [4.69, 9.17) is 0 Å². The number of hydrogen-bond acceptors (Lipinski definition) is 2. The van der Waals surface area contributed by atoms with E-state index in [1.54, 1.807) is 0 Å². The molecule has 2 atom stereocenters. The van der Waals surface area contributed by atoms with Gasteiger partial charge in [0.25, 0.3) is 0 Å². The number of carbonyl (C=O) groups is 1. The van der Waals surface area contributed by atoms with Gasteiger partial charge in [0.2, 0.25) is 5.91 Å². The van der Waals surface area contributed by atoms with Crippen LogP contribution in [0.1, 0.15) is 33.1 Å². The van der Waals surface area contributed by atoms with E-state index in [-0.39, 0.29) is 24.0 Å². The van der Waals surface area contributed by atoms with Crippen molar-refractivity contribution < 1.29 is 9.90 Å². The summed E-state index contributed by atoms with van der Waals surface area (Å²) in [6.45, 7) is 4.89. The maximum Gasteiger partial charge on any atom is 0.228 e. The summed E-state index contributed by atoms with van der Waals surface area (Å²) in [6, 6.07) is 0.277. The Morgan fingerprint density at radius 3 is 2.43 bits per heavy atom. The first-order valence-electron chi connectivity index (χ1n) is 5.60.